The predicted octanol–water partition coefficient (Wildman–Crippen LogP) is 1.92. The maximum atomic E-state index is 12.6. The lowest BCUT2D eigenvalue weighted by molar-refractivity contribution is -0.137. The fourth-order valence-electron chi connectivity index (χ4n) is 1.38. The Balaban J connectivity index is 3.25. The van der Waals surface area contributed by atoms with Gasteiger partial charge in [-0.1, -0.05) is 0 Å². The van der Waals surface area contributed by atoms with Crippen LogP contribution in [0.5, 0.6) is 0 Å². The van der Waals surface area contributed by atoms with Crippen molar-refractivity contribution in [3.63, 3.8) is 0 Å². The molecule has 1 rings (SSSR count). The molecule has 0 radical (unpaired) electrons. The zero-order chi connectivity index (χ0) is 16.5. The summed E-state index contributed by atoms with van der Waals surface area (Å²) in [4.78, 5) is -0.577. The highest BCUT2D eigenvalue weighted by atomic mass is 35.7. The number of sulfone groups is 1. The van der Waals surface area contributed by atoms with Crippen LogP contribution in [0.25, 0.3) is 0 Å². The van der Waals surface area contributed by atoms with Gasteiger partial charge in [0.1, 0.15) is 0 Å². The molecule has 0 heterocycles. The first-order valence-corrected chi connectivity index (χ1v) is 9.26. The Morgan fingerprint density at radius 3 is 2.14 bits per heavy atom. The van der Waals surface area contributed by atoms with Crippen LogP contribution >= 0.6 is 10.7 Å². The molecular formula is C10H7ClF3NO4S2. The molecule has 0 aliphatic heterocycles. The number of nitriles is 1. The largest absolute Gasteiger partial charge is 0.417 e. The van der Waals surface area contributed by atoms with Crippen LogP contribution in [0.15, 0.2) is 23.1 Å². The van der Waals surface area contributed by atoms with Gasteiger partial charge in [-0.3, -0.25) is 0 Å². The highest BCUT2D eigenvalue weighted by Gasteiger charge is 2.34. The standard InChI is InChI=1S/C10H7ClF3NO4S2/c11-21(18,19)4-3-20(16,17)8-1-2-9(10(12,13)14)7(5-8)6-15/h1-2,5H,3-4H2. The molecule has 0 atom stereocenters. The van der Waals surface area contributed by atoms with E-state index in [1.165, 1.54) is 6.07 Å². The number of benzene rings is 1. The van der Waals surface area contributed by atoms with Gasteiger partial charge < -0.3 is 0 Å². The van der Waals surface area contributed by atoms with E-state index in [1.807, 2.05) is 0 Å². The van der Waals surface area contributed by atoms with Crippen LogP contribution in [0.2, 0.25) is 0 Å². The molecule has 5 nitrogen and oxygen atoms in total. The number of hydrogen-bond acceptors (Lipinski definition) is 5. The fourth-order valence-corrected chi connectivity index (χ4v) is 4.43. The van der Waals surface area contributed by atoms with Crippen LogP contribution in [-0.4, -0.2) is 28.3 Å². The molecule has 0 aliphatic rings. The van der Waals surface area contributed by atoms with E-state index in [4.69, 9.17) is 15.9 Å². The van der Waals surface area contributed by atoms with Gasteiger partial charge in [0.15, 0.2) is 9.84 Å². The van der Waals surface area contributed by atoms with Gasteiger partial charge in [-0.25, -0.2) is 16.8 Å². The summed E-state index contributed by atoms with van der Waals surface area (Å²) in [6.07, 6.45) is -4.80. The molecule has 0 spiro atoms. The number of rotatable bonds is 4. The molecule has 1 aromatic carbocycles. The van der Waals surface area contributed by atoms with Crippen molar-refractivity contribution >= 4 is 29.6 Å². The smallest absolute Gasteiger partial charge is 0.224 e. The van der Waals surface area contributed by atoms with Crippen molar-refractivity contribution in [2.24, 2.45) is 0 Å². The monoisotopic (exact) mass is 361 g/mol. The van der Waals surface area contributed by atoms with Gasteiger partial charge in [0.2, 0.25) is 9.05 Å². The maximum Gasteiger partial charge on any atom is 0.417 e. The Labute approximate surface area is 123 Å². The third kappa shape index (κ3) is 4.87. The molecule has 21 heavy (non-hydrogen) atoms. The number of hydrogen-bond donors (Lipinski definition) is 0. The van der Waals surface area contributed by atoms with E-state index >= 15 is 0 Å². The first kappa shape index (κ1) is 17.7. The van der Waals surface area contributed by atoms with E-state index in [-0.39, 0.29) is 0 Å². The van der Waals surface area contributed by atoms with Crippen LogP contribution in [0.1, 0.15) is 11.1 Å². The average Bonchev–Trinajstić information content (AvgIpc) is 2.34. The van der Waals surface area contributed by atoms with Crippen LogP contribution in [-0.2, 0) is 25.1 Å². The van der Waals surface area contributed by atoms with Crippen molar-refractivity contribution in [1.82, 2.24) is 0 Å². The van der Waals surface area contributed by atoms with Gasteiger partial charge in [0.25, 0.3) is 0 Å². The third-order valence-corrected chi connectivity index (χ3v) is 5.50. The minimum Gasteiger partial charge on any atom is -0.224 e. The van der Waals surface area contributed by atoms with Gasteiger partial charge >= 0.3 is 6.18 Å². The molecule has 0 saturated carbocycles. The summed E-state index contributed by atoms with van der Waals surface area (Å²) >= 11 is 0. The Morgan fingerprint density at radius 2 is 1.71 bits per heavy atom. The second kappa shape index (κ2) is 5.82. The first-order chi connectivity index (χ1) is 9.37. The van der Waals surface area contributed by atoms with E-state index < -0.39 is 52.6 Å². The lowest BCUT2D eigenvalue weighted by Gasteiger charge is -2.10. The minimum absolute atomic E-state index is 0.459. The van der Waals surface area contributed by atoms with Crippen molar-refractivity contribution in [3.05, 3.63) is 29.3 Å². The lowest BCUT2D eigenvalue weighted by Crippen LogP contribution is -2.15. The molecule has 0 amide bonds. The van der Waals surface area contributed by atoms with E-state index in [0.29, 0.717) is 18.2 Å². The topological polar surface area (TPSA) is 92.1 Å². The summed E-state index contributed by atoms with van der Waals surface area (Å²) < 4.78 is 82.7. The Hall–Kier alpha value is -1.31. The SMILES string of the molecule is N#Cc1cc(S(=O)(=O)CCS(=O)(=O)Cl)ccc1C(F)(F)F. The van der Waals surface area contributed by atoms with Gasteiger partial charge in [-0.05, 0) is 18.2 Å². The Bertz CT molecular complexity index is 795. The number of nitrogens with zero attached hydrogens (tertiary/aromatic N) is 1. The molecule has 0 aromatic heterocycles. The highest BCUT2D eigenvalue weighted by molar-refractivity contribution is 8.14. The Morgan fingerprint density at radius 1 is 1.14 bits per heavy atom. The second-order valence-electron chi connectivity index (χ2n) is 3.88. The molecule has 0 N–H and O–H groups in total. The van der Waals surface area contributed by atoms with Crippen LogP contribution in [0, 0.1) is 11.3 Å². The van der Waals surface area contributed by atoms with Crippen LogP contribution < -0.4 is 0 Å². The second-order valence-corrected chi connectivity index (χ2v) is 8.88. The van der Waals surface area contributed by atoms with Gasteiger partial charge in [-0.2, -0.15) is 18.4 Å². The van der Waals surface area contributed by atoms with Gasteiger partial charge in [0.05, 0.1) is 33.6 Å². The molecular weight excluding hydrogens is 355 g/mol. The summed E-state index contributed by atoms with van der Waals surface area (Å²) in [6, 6.07) is 2.94. The first-order valence-electron chi connectivity index (χ1n) is 5.13. The quantitative estimate of drug-likeness (QED) is 0.764. The summed E-state index contributed by atoms with van der Waals surface area (Å²) in [5, 5.41) is 8.67. The molecule has 0 bridgehead atoms. The van der Waals surface area contributed by atoms with Crippen molar-refractivity contribution in [2.45, 2.75) is 11.1 Å². The summed E-state index contributed by atoms with van der Waals surface area (Å²) in [5.41, 5.74) is -2.13. The maximum absolute atomic E-state index is 12.6. The third-order valence-electron chi connectivity index (χ3n) is 2.37. The van der Waals surface area contributed by atoms with Crippen molar-refractivity contribution < 1.29 is 30.0 Å². The summed E-state index contributed by atoms with van der Waals surface area (Å²) in [6.45, 7) is 0. The van der Waals surface area contributed by atoms with E-state index in [9.17, 15) is 30.0 Å². The van der Waals surface area contributed by atoms with E-state index in [2.05, 4.69) is 0 Å². The molecule has 0 saturated heterocycles. The molecule has 0 aliphatic carbocycles. The van der Waals surface area contributed by atoms with Gasteiger partial charge in [0, 0.05) is 10.7 Å². The summed E-state index contributed by atoms with van der Waals surface area (Å²) in [5.74, 6) is -1.78. The van der Waals surface area contributed by atoms with Crippen molar-refractivity contribution in [3.8, 4) is 6.07 Å². The average molecular weight is 362 g/mol. The molecule has 11 heteroatoms. The zero-order valence-electron chi connectivity index (χ0n) is 10.1. The highest BCUT2D eigenvalue weighted by Crippen LogP contribution is 2.33. The normalized spacial score (nSPS) is 12.9. The molecule has 0 unspecified atom stereocenters. The zero-order valence-corrected chi connectivity index (χ0v) is 12.4. The van der Waals surface area contributed by atoms with E-state index in [1.54, 1.807) is 0 Å². The number of halogens is 4. The predicted molar refractivity (Wildman–Crippen MR) is 67.9 cm³/mol. The van der Waals surface area contributed by atoms with Crippen molar-refractivity contribution in [1.29, 1.82) is 5.26 Å². The lowest BCUT2D eigenvalue weighted by atomic mass is 10.1. The van der Waals surface area contributed by atoms with Crippen molar-refractivity contribution in [2.75, 3.05) is 11.5 Å². The van der Waals surface area contributed by atoms with Crippen LogP contribution in [0.4, 0.5) is 13.2 Å². The van der Waals surface area contributed by atoms with Gasteiger partial charge in [-0.15, -0.1) is 0 Å². The Kier molecular flexibility index (Phi) is 4.92. The minimum atomic E-state index is -4.80. The molecule has 116 valence electrons. The molecule has 0 fully saturated rings. The fraction of sp³-hybridized carbons (Fsp3) is 0.300. The molecule has 1 aromatic rings. The van der Waals surface area contributed by atoms with Crippen LogP contribution in [0.3, 0.4) is 0 Å². The number of alkyl halides is 3. The summed E-state index contributed by atoms with van der Waals surface area (Å²) in [7, 11) is -3.36. The van der Waals surface area contributed by atoms with E-state index in [0.717, 1.165) is 0 Å².